The van der Waals surface area contributed by atoms with Crippen LogP contribution in [0.5, 0.6) is 0 Å². The molecule has 0 amide bonds. The molecule has 452 valence electrons. The summed E-state index contributed by atoms with van der Waals surface area (Å²) < 4.78 is 19.8. The number of furan rings is 2. The van der Waals surface area contributed by atoms with Gasteiger partial charge in [0.05, 0.1) is 0 Å². The van der Waals surface area contributed by atoms with E-state index in [-0.39, 0.29) is 0 Å². The molecule has 0 atom stereocenters. The molecule has 0 bridgehead atoms. The summed E-state index contributed by atoms with van der Waals surface area (Å²) in [4.78, 5) is 0. The van der Waals surface area contributed by atoms with Gasteiger partial charge in [-0.05, 0) is 138 Å². The lowest BCUT2D eigenvalue weighted by Crippen LogP contribution is -1.84. The van der Waals surface area contributed by atoms with Crippen molar-refractivity contribution >= 4 is 129 Å². The van der Waals surface area contributed by atoms with Crippen molar-refractivity contribution in [2.24, 2.45) is 7.05 Å². The molecule has 0 aliphatic carbocycles. The Hall–Kier alpha value is -11.1. The molecule has 19 aromatic rings. The molecule has 0 radical (unpaired) electrons. The van der Waals surface area contributed by atoms with Crippen molar-refractivity contribution in [1.82, 2.24) is 4.57 Å². The van der Waals surface area contributed by atoms with Crippen molar-refractivity contribution < 1.29 is 8.83 Å². The first-order valence-electron chi connectivity index (χ1n) is 32.0. The van der Waals surface area contributed by atoms with Gasteiger partial charge in [0, 0.05) is 96.3 Å². The second-order valence-electron chi connectivity index (χ2n) is 24.2. The minimum atomic E-state index is 0.949. The number of para-hydroxylation sites is 4. The van der Waals surface area contributed by atoms with E-state index in [1.807, 2.05) is 40.9 Å². The largest absolute Gasteiger partial charge is 0.456 e. The highest BCUT2D eigenvalue weighted by atomic mass is 32.1. The molecule has 5 heteroatoms. The van der Waals surface area contributed by atoms with Crippen LogP contribution in [0.4, 0.5) is 0 Å². The lowest BCUT2D eigenvalue weighted by atomic mass is 10.0. The Balaban J connectivity index is 0.0000000974. The first-order valence-corrected chi connectivity index (χ1v) is 33.6. The molecule has 0 fully saturated rings. The maximum absolute atomic E-state index is 6.17. The van der Waals surface area contributed by atoms with Crippen molar-refractivity contribution in [2.45, 2.75) is 27.7 Å². The summed E-state index contributed by atoms with van der Waals surface area (Å²) in [6.45, 7) is 8.55. The van der Waals surface area contributed by atoms with Crippen LogP contribution in [-0.4, -0.2) is 4.57 Å². The normalized spacial score (nSPS) is 11.2. The van der Waals surface area contributed by atoms with Gasteiger partial charge < -0.3 is 13.4 Å². The molecule has 0 aliphatic heterocycles. The van der Waals surface area contributed by atoms with Crippen molar-refractivity contribution in [3.8, 4) is 44.5 Å². The van der Waals surface area contributed by atoms with Gasteiger partial charge in [-0.15, -0.1) is 22.7 Å². The molecule has 19 rings (SSSR count). The van der Waals surface area contributed by atoms with Crippen LogP contribution in [0.25, 0.3) is 151 Å². The minimum absolute atomic E-state index is 0.949. The Morgan fingerprint density at radius 3 is 1.29 bits per heavy atom. The van der Waals surface area contributed by atoms with Crippen molar-refractivity contribution in [3.63, 3.8) is 0 Å². The molecule has 0 unspecified atom stereocenters. The van der Waals surface area contributed by atoms with Gasteiger partial charge in [-0.2, -0.15) is 0 Å². The lowest BCUT2D eigenvalue weighted by molar-refractivity contribution is 0.667. The second-order valence-corrected chi connectivity index (χ2v) is 26.3. The number of hydrogen-bond donors (Lipinski definition) is 0. The minimum Gasteiger partial charge on any atom is -0.456 e. The lowest BCUT2D eigenvalue weighted by Gasteiger charge is -2.02. The highest BCUT2D eigenvalue weighted by Gasteiger charge is 2.15. The molecule has 0 aliphatic rings. The van der Waals surface area contributed by atoms with Crippen LogP contribution in [0, 0.1) is 27.7 Å². The van der Waals surface area contributed by atoms with Gasteiger partial charge in [-0.25, -0.2) is 0 Å². The van der Waals surface area contributed by atoms with Crippen molar-refractivity contribution in [1.29, 1.82) is 0 Å². The van der Waals surface area contributed by atoms with Crippen molar-refractivity contribution in [2.75, 3.05) is 0 Å². The van der Waals surface area contributed by atoms with Crippen LogP contribution in [0.15, 0.2) is 324 Å². The first kappa shape index (κ1) is 59.2. The monoisotopic (exact) mass is 1250 g/mol. The van der Waals surface area contributed by atoms with Crippen LogP contribution in [0.3, 0.4) is 0 Å². The first-order chi connectivity index (χ1) is 46.2. The highest BCUT2D eigenvalue weighted by Crippen LogP contribution is 2.42. The number of aromatic nitrogens is 1. The van der Waals surface area contributed by atoms with Crippen LogP contribution in [0.1, 0.15) is 22.3 Å². The Labute approximate surface area is 555 Å². The van der Waals surface area contributed by atoms with Crippen LogP contribution in [0.2, 0.25) is 0 Å². The van der Waals surface area contributed by atoms with Gasteiger partial charge in [-0.3, -0.25) is 0 Å². The van der Waals surface area contributed by atoms with Crippen LogP contribution < -0.4 is 0 Å². The van der Waals surface area contributed by atoms with Crippen LogP contribution >= 0.6 is 22.7 Å². The molecular weight excluding hydrogens is 1180 g/mol. The van der Waals surface area contributed by atoms with E-state index >= 15 is 0 Å². The molecule has 0 N–H and O–H groups in total. The van der Waals surface area contributed by atoms with Crippen LogP contribution in [-0.2, 0) is 7.05 Å². The fourth-order valence-electron chi connectivity index (χ4n) is 13.1. The van der Waals surface area contributed by atoms with Gasteiger partial charge in [0.1, 0.15) is 22.3 Å². The number of hydrogen-bond acceptors (Lipinski definition) is 4. The smallest absolute Gasteiger partial charge is 0.143 e. The third-order valence-corrected chi connectivity index (χ3v) is 20.4. The van der Waals surface area contributed by atoms with E-state index in [0.717, 1.165) is 27.9 Å². The van der Waals surface area contributed by atoms with E-state index in [1.54, 1.807) is 0 Å². The van der Waals surface area contributed by atoms with E-state index in [0.29, 0.717) is 0 Å². The number of fused-ring (bicyclic) bond motifs is 15. The number of benzene rings is 14. The molecule has 94 heavy (non-hydrogen) atoms. The Morgan fingerprint density at radius 2 is 0.670 bits per heavy atom. The summed E-state index contributed by atoms with van der Waals surface area (Å²) in [5.74, 6) is 0. The standard InChI is InChI=1S/2C19H14O.2C19H14S.C13H11N/c1-13-7-5-11-16-17-12-6-10-15(19(17)20-18(13)16)14-8-3-2-4-9-14;1-13-7-9-18-16(11-13)17-12-15(8-10-19(17)20-18)14-5-3-2-4-6-14;1-13-7-5-11-16-17-12-6-10-15(19(17)20-18(13)16)14-8-3-2-4-9-14;1-13-7-9-18-16(11-13)17-12-15(8-10-19(17)20-18)14-5-3-2-4-6-14;1-14-12-8-4-2-6-10(12)11-7-3-5-9-13(11)14/h4*2-12H,1H3;2-9H,1H3. The average Bonchev–Trinajstić information content (AvgIpc) is 2.21. The third-order valence-electron chi connectivity index (χ3n) is 17.9. The number of thiophene rings is 2. The topological polar surface area (TPSA) is 31.2 Å². The zero-order chi connectivity index (χ0) is 63.7. The summed E-state index contributed by atoms with van der Waals surface area (Å²) in [7, 11) is 2.12. The van der Waals surface area contributed by atoms with Gasteiger partial charge in [-0.1, -0.05) is 266 Å². The van der Waals surface area contributed by atoms with Gasteiger partial charge >= 0.3 is 0 Å². The molecule has 3 nitrogen and oxygen atoms in total. The quantitative estimate of drug-likeness (QED) is 0.176. The summed E-state index contributed by atoms with van der Waals surface area (Å²) in [6.07, 6.45) is 0. The van der Waals surface area contributed by atoms with Crippen molar-refractivity contribution in [3.05, 3.63) is 338 Å². The Kier molecular flexibility index (Phi) is 16.3. The third kappa shape index (κ3) is 11.6. The van der Waals surface area contributed by atoms with Gasteiger partial charge in [0.2, 0.25) is 0 Å². The van der Waals surface area contributed by atoms with E-state index in [4.69, 9.17) is 8.83 Å². The van der Waals surface area contributed by atoms with E-state index in [1.165, 1.54) is 145 Å². The zero-order valence-electron chi connectivity index (χ0n) is 53.1. The average molecular weight is 1250 g/mol. The molecule has 5 heterocycles. The number of rotatable bonds is 4. The second kappa shape index (κ2) is 25.9. The molecule has 14 aromatic carbocycles. The van der Waals surface area contributed by atoms with Gasteiger partial charge in [0.15, 0.2) is 0 Å². The zero-order valence-corrected chi connectivity index (χ0v) is 54.7. The highest BCUT2D eigenvalue weighted by molar-refractivity contribution is 7.26. The SMILES string of the molecule is Cc1ccc2oc3ccc(-c4ccccc4)cc3c2c1.Cc1ccc2sc3ccc(-c4ccccc4)cc3c2c1.Cc1cccc2c1oc1c(-c3ccccc3)cccc12.Cc1cccc2c1sc1c(-c3ccccc3)cccc12.Cn1c2ccccc2c2ccccc21. The molecule has 5 aromatic heterocycles. The molecule has 0 saturated heterocycles. The molecular formula is C89H67NO2S2. The Morgan fingerprint density at radius 1 is 0.255 bits per heavy atom. The van der Waals surface area contributed by atoms with E-state index in [9.17, 15) is 0 Å². The van der Waals surface area contributed by atoms with E-state index in [2.05, 4.69) is 337 Å². The fourth-order valence-corrected chi connectivity index (χ4v) is 15.5. The number of aryl methyl sites for hydroxylation is 5. The summed E-state index contributed by atoms with van der Waals surface area (Å²) >= 11 is 3.78. The predicted molar refractivity (Wildman–Crippen MR) is 407 cm³/mol. The maximum Gasteiger partial charge on any atom is 0.143 e. The summed E-state index contributed by atoms with van der Waals surface area (Å²) in [6, 6.07) is 111. The summed E-state index contributed by atoms with van der Waals surface area (Å²) in [5, 5.41) is 12.9. The molecule has 0 saturated carbocycles. The Bertz CT molecular complexity index is 5540. The molecule has 0 spiro atoms. The predicted octanol–water partition coefficient (Wildman–Crippen LogP) is 26.5. The number of nitrogens with zero attached hydrogens (tertiary/aromatic N) is 1. The van der Waals surface area contributed by atoms with Gasteiger partial charge in [0.25, 0.3) is 0 Å². The van der Waals surface area contributed by atoms with E-state index < -0.39 is 0 Å². The maximum atomic E-state index is 6.17. The summed E-state index contributed by atoms with van der Waals surface area (Å²) in [5.41, 5.74) is 21.6. The fraction of sp³-hybridized carbons (Fsp3) is 0.0562.